The van der Waals surface area contributed by atoms with Crippen LogP contribution in [0.15, 0.2) is 57.9 Å². The van der Waals surface area contributed by atoms with E-state index in [4.69, 9.17) is 18.7 Å². The van der Waals surface area contributed by atoms with Gasteiger partial charge in [0.25, 0.3) is 0 Å². The average molecular weight is 649 g/mol. The van der Waals surface area contributed by atoms with Crippen LogP contribution in [0.1, 0.15) is 55.4 Å². The van der Waals surface area contributed by atoms with Crippen molar-refractivity contribution in [3.8, 4) is 0 Å². The SMILES string of the molecule is CC[Si](CC)(CC)O[C@@H](/C=C\I)[C@@](C)(/C=C/C=C/C=C(C)/C=C(\OC)C(=O)O)O[Si](CC)(CC)CC. The number of ether oxygens (including phenoxy) is 1. The van der Waals surface area contributed by atoms with E-state index in [1.165, 1.54) is 13.2 Å². The first-order chi connectivity index (χ1) is 17.0. The van der Waals surface area contributed by atoms with Gasteiger partial charge in [0.1, 0.15) is 5.60 Å². The Balaban J connectivity index is 6.33. The number of rotatable bonds is 18. The van der Waals surface area contributed by atoms with Crippen LogP contribution in [-0.2, 0) is 18.4 Å². The second-order valence-electron chi connectivity index (χ2n) is 9.30. The lowest BCUT2D eigenvalue weighted by molar-refractivity contribution is -0.136. The number of carbonyl (C=O) groups is 1. The second-order valence-corrected chi connectivity index (χ2v) is 19.4. The summed E-state index contributed by atoms with van der Waals surface area (Å²) in [6.07, 6.45) is 13.4. The predicted octanol–water partition coefficient (Wildman–Crippen LogP) is 8.78. The summed E-state index contributed by atoms with van der Waals surface area (Å²) in [5.41, 5.74) is 0.189. The van der Waals surface area contributed by atoms with Crippen LogP contribution in [0.4, 0.5) is 0 Å². The second kappa shape index (κ2) is 17.5. The minimum atomic E-state index is -1.94. The molecule has 0 aromatic rings. The van der Waals surface area contributed by atoms with Crippen molar-refractivity contribution in [2.45, 2.75) is 103 Å². The zero-order valence-corrected chi connectivity index (χ0v) is 28.1. The Bertz CT molecular complexity index is 794. The van der Waals surface area contributed by atoms with Crippen LogP contribution in [0.3, 0.4) is 0 Å². The fraction of sp³-hybridized carbons (Fsp3) is 0.607. The van der Waals surface area contributed by atoms with Crippen LogP contribution in [-0.4, -0.2) is 46.5 Å². The van der Waals surface area contributed by atoms with E-state index in [0.29, 0.717) is 0 Å². The van der Waals surface area contributed by atoms with E-state index < -0.39 is 28.2 Å². The van der Waals surface area contributed by atoms with E-state index in [1.807, 2.05) is 31.2 Å². The van der Waals surface area contributed by atoms with Gasteiger partial charge in [-0.3, -0.25) is 0 Å². The lowest BCUT2D eigenvalue weighted by Crippen LogP contribution is -2.54. The molecular formula is C28H49IO5Si2. The molecular weight excluding hydrogens is 599 g/mol. The van der Waals surface area contributed by atoms with Crippen molar-refractivity contribution in [3.05, 3.63) is 57.9 Å². The Hall–Kier alpha value is -0.946. The van der Waals surface area contributed by atoms with Gasteiger partial charge in [0, 0.05) is 0 Å². The fourth-order valence-electron chi connectivity index (χ4n) is 4.28. The highest BCUT2D eigenvalue weighted by molar-refractivity contribution is 14.1. The number of carboxylic acid groups (broad SMARTS) is 1. The molecule has 5 nitrogen and oxygen atoms in total. The first kappa shape index (κ1) is 35.1. The fourth-order valence-corrected chi connectivity index (χ4v) is 10.6. The van der Waals surface area contributed by atoms with E-state index in [2.05, 4.69) is 87.3 Å². The normalized spacial score (nSPS) is 16.7. The molecule has 0 bridgehead atoms. The summed E-state index contributed by atoms with van der Waals surface area (Å²) in [7, 11) is -2.46. The van der Waals surface area contributed by atoms with Crippen LogP contribution in [0.25, 0.3) is 0 Å². The lowest BCUT2D eigenvalue weighted by atomic mass is 9.98. The van der Waals surface area contributed by atoms with Crippen LogP contribution in [0, 0.1) is 0 Å². The number of halogens is 1. The summed E-state index contributed by atoms with van der Waals surface area (Å²) in [5.74, 6) is -1.17. The molecule has 2 atom stereocenters. The molecule has 206 valence electrons. The van der Waals surface area contributed by atoms with Crippen molar-refractivity contribution in [2.24, 2.45) is 0 Å². The summed E-state index contributed by atoms with van der Waals surface area (Å²) in [4.78, 5) is 11.1. The summed E-state index contributed by atoms with van der Waals surface area (Å²) >= 11 is 2.28. The van der Waals surface area contributed by atoms with Crippen LogP contribution >= 0.6 is 22.6 Å². The number of allylic oxidation sites excluding steroid dienone is 6. The van der Waals surface area contributed by atoms with E-state index in [0.717, 1.165) is 41.8 Å². The molecule has 0 aliphatic rings. The minimum absolute atomic E-state index is 0.0883. The summed E-state index contributed by atoms with van der Waals surface area (Å²) in [6, 6.07) is 6.45. The molecule has 0 aliphatic carbocycles. The van der Waals surface area contributed by atoms with Gasteiger partial charge in [0.15, 0.2) is 16.6 Å². The summed E-state index contributed by atoms with van der Waals surface area (Å²) in [6.45, 7) is 17.5. The number of hydrogen-bond acceptors (Lipinski definition) is 4. The predicted molar refractivity (Wildman–Crippen MR) is 167 cm³/mol. The molecule has 0 radical (unpaired) electrons. The Morgan fingerprint density at radius 1 is 0.944 bits per heavy atom. The van der Waals surface area contributed by atoms with Gasteiger partial charge in [-0.15, -0.1) is 0 Å². The maximum atomic E-state index is 11.1. The lowest BCUT2D eigenvalue weighted by Gasteiger charge is -2.45. The molecule has 1 N–H and O–H groups in total. The number of hydrogen-bond donors (Lipinski definition) is 1. The minimum Gasteiger partial charge on any atom is -0.490 e. The van der Waals surface area contributed by atoms with Gasteiger partial charge in [-0.25, -0.2) is 4.79 Å². The summed E-state index contributed by atoms with van der Waals surface area (Å²) in [5, 5.41) is 9.13. The molecule has 0 aromatic heterocycles. The van der Waals surface area contributed by atoms with Crippen molar-refractivity contribution in [1.29, 1.82) is 0 Å². The molecule has 8 heteroatoms. The van der Waals surface area contributed by atoms with Crippen molar-refractivity contribution in [1.82, 2.24) is 0 Å². The van der Waals surface area contributed by atoms with Gasteiger partial charge in [0.05, 0.1) is 13.2 Å². The van der Waals surface area contributed by atoms with Crippen LogP contribution in [0.5, 0.6) is 0 Å². The Morgan fingerprint density at radius 2 is 1.47 bits per heavy atom. The molecule has 0 aliphatic heterocycles. The van der Waals surface area contributed by atoms with Gasteiger partial charge in [-0.2, -0.15) is 0 Å². The van der Waals surface area contributed by atoms with Gasteiger partial charge in [-0.05, 0) is 71.9 Å². The first-order valence-electron chi connectivity index (χ1n) is 13.2. The Kier molecular flexibility index (Phi) is 17.1. The standard InChI is InChI=1S/C28H49IO5Si2/c1-10-35(11-2,12-3)33-26(20-22-29)28(8,34-36(13-4,14-5)15-6)21-18-16-17-19-24(7)23-25(32-9)27(30)31/h16-23,26H,10-15H2,1-9H3,(H,30,31)/b17-16+,21-18+,22-20-,24-19+,25-23-/t26-,28+/m0/s1. The smallest absolute Gasteiger partial charge is 0.371 e. The number of methoxy groups -OCH3 is 1. The van der Waals surface area contributed by atoms with E-state index in [-0.39, 0.29) is 11.9 Å². The highest BCUT2D eigenvalue weighted by Gasteiger charge is 2.44. The molecule has 36 heavy (non-hydrogen) atoms. The molecule has 0 heterocycles. The highest BCUT2D eigenvalue weighted by Crippen LogP contribution is 2.36. The molecule has 0 amide bonds. The van der Waals surface area contributed by atoms with Crippen LogP contribution < -0.4 is 0 Å². The maximum Gasteiger partial charge on any atom is 0.371 e. The van der Waals surface area contributed by atoms with Gasteiger partial charge >= 0.3 is 5.97 Å². The zero-order chi connectivity index (χ0) is 27.8. The average Bonchev–Trinajstić information content (AvgIpc) is 2.88. The third kappa shape index (κ3) is 10.8. The van der Waals surface area contributed by atoms with Gasteiger partial charge < -0.3 is 18.7 Å². The third-order valence-corrected chi connectivity index (χ3v) is 17.1. The molecule has 0 unspecified atom stereocenters. The van der Waals surface area contributed by atoms with E-state index >= 15 is 0 Å². The third-order valence-electron chi connectivity index (χ3n) is 7.29. The first-order valence-corrected chi connectivity index (χ1v) is 19.5. The zero-order valence-electron chi connectivity index (χ0n) is 23.9. The van der Waals surface area contributed by atoms with Crippen LogP contribution in [0.2, 0.25) is 36.3 Å². The Labute approximate surface area is 236 Å². The van der Waals surface area contributed by atoms with Crippen molar-refractivity contribution in [2.75, 3.05) is 7.11 Å². The summed E-state index contributed by atoms with van der Waals surface area (Å²) < 4.78 is 21.1. The molecule has 0 saturated heterocycles. The largest absolute Gasteiger partial charge is 0.490 e. The maximum absolute atomic E-state index is 11.1. The topological polar surface area (TPSA) is 65.0 Å². The number of aliphatic carboxylic acids is 1. The van der Waals surface area contributed by atoms with E-state index in [9.17, 15) is 4.79 Å². The van der Waals surface area contributed by atoms with E-state index in [1.54, 1.807) is 0 Å². The molecule has 0 rings (SSSR count). The van der Waals surface area contributed by atoms with Gasteiger partial charge in [0.2, 0.25) is 5.76 Å². The van der Waals surface area contributed by atoms with Gasteiger partial charge in [-0.1, -0.05) is 94.5 Å². The Morgan fingerprint density at radius 3 is 1.89 bits per heavy atom. The quantitative estimate of drug-likeness (QED) is 0.0529. The molecule has 0 saturated carbocycles. The van der Waals surface area contributed by atoms with Crippen molar-refractivity contribution < 1.29 is 23.5 Å². The van der Waals surface area contributed by atoms with Crippen molar-refractivity contribution >= 4 is 45.2 Å². The molecule has 0 spiro atoms. The molecule has 0 fully saturated rings. The highest BCUT2D eigenvalue weighted by atomic mass is 127. The van der Waals surface area contributed by atoms with Crippen molar-refractivity contribution in [3.63, 3.8) is 0 Å². The molecule has 0 aromatic carbocycles. The number of carboxylic acids is 1. The monoisotopic (exact) mass is 648 g/mol.